The molecule has 1 fully saturated rings. The van der Waals surface area contributed by atoms with Crippen LogP contribution in [0.1, 0.15) is 56.2 Å². The lowest BCUT2D eigenvalue weighted by molar-refractivity contribution is 0.205. The topological polar surface area (TPSA) is 91.7 Å². The molecular formula is C18H29N3O4S. The van der Waals surface area contributed by atoms with Gasteiger partial charge < -0.3 is 15.1 Å². The molecular weight excluding hydrogens is 354 g/mol. The highest BCUT2D eigenvalue weighted by Crippen LogP contribution is 2.41. The Labute approximate surface area is 155 Å². The molecule has 2 amide bonds. The Morgan fingerprint density at radius 3 is 2.77 bits per heavy atom. The molecule has 0 aromatic carbocycles. The van der Waals surface area contributed by atoms with Gasteiger partial charge in [0.2, 0.25) is 10.0 Å². The van der Waals surface area contributed by atoms with Crippen LogP contribution in [0, 0.1) is 12.3 Å². The summed E-state index contributed by atoms with van der Waals surface area (Å²) in [6, 6.07) is 1.49. The summed E-state index contributed by atoms with van der Waals surface area (Å²) in [7, 11) is -3.23. The van der Waals surface area contributed by atoms with E-state index in [0.717, 1.165) is 42.8 Å². The zero-order valence-electron chi connectivity index (χ0n) is 16.0. The maximum Gasteiger partial charge on any atom is 0.315 e. The maximum absolute atomic E-state index is 12.5. The average molecular weight is 384 g/mol. The minimum Gasteiger partial charge on any atom is -0.466 e. The van der Waals surface area contributed by atoms with Crippen molar-refractivity contribution in [2.24, 2.45) is 5.41 Å². The normalized spacial score (nSPS) is 26.2. The van der Waals surface area contributed by atoms with E-state index in [2.05, 4.69) is 24.5 Å². The van der Waals surface area contributed by atoms with Crippen molar-refractivity contribution >= 4 is 16.1 Å². The number of nitrogens with one attached hydrogen (secondary N) is 2. The number of rotatable bonds is 3. The Morgan fingerprint density at radius 1 is 1.35 bits per heavy atom. The molecule has 2 aliphatic rings. The first-order valence-electron chi connectivity index (χ1n) is 9.15. The fourth-order valence-corrected chi connectivity index (χ4v) is 4.97. The summed E-state index contributed by atoms with van der Waals surface area (Å²) in [5.74, 6) is 1.81. The molecule has 1 aromatic rings. The molecule has 3 rings (SSSR count). The van der Waals surface area contributed by atoms with Crippen molar-refractivity contribution in [3.05, 3.63) is 23.2 Å². The Kier molecular flexibility index (Phi) is 5.09. The first kappa shape index (κ1) is 19.2. The van der Waals surface area contributed by atoms with E-state index in [9.17, 15) is 13.2 Å². The van der Waals surface area contributed by atoms with Crippen molar-refractivity contribution in [2.45, 2.75) is 58.5 Å². The van der Waals surface area contributed by atoms with Crippen LogP contribution in [0.25, 0.3) is 0 Å². The molecule has 2 heterocycles. The van der Waals surface area contributed by atoms with Gasteiger partial charge in [-0.25, -0.2) is 17.5 Å². The van der Waals surface area contributed by atoms with E-state index in [1.165, 1.54) is 10.6 Å². The molecule has 2 atom stereocenters. The highest BCUT2D eigenvalue weighted by molar-refractivity contribution is 7.88. The van der Waals surface area contributed by atoms with Crippen molar-refractivity contribution in [1.29, 1.82) is 0 Å². The molecule has 0 radical (unpaired) electrons. The molecule has 0 saturated carbocycles. The zero-order chi connectivity index (χ0) is 19.1. The monoisotopic (exact) mass is 383 g/mol. The molecule has 8 heteroatoms. The second kappa shape index (κ2) is 6.88. The molecule has 1 aliphatic carbocycles. The molecule has 7 nitrogen and oxygen atoms in total. The van der Waals surface area contributed by atoms with Gasteiger partial charge in [-0.15, -0.1) is 0 Å². The van der Waals surface area contributed by atoms with Gasteiger partial charge in [-0.1, -0.05) is 13.8 Å². The van der Waals surface area contributed by atoms with Crippen molar-refractivity contribution in [2.75, 3.05) is 19.3 Å². The summed E-state index contributed by atoms with van der Waals surface area (Å²) in [4.78, 5) is 12.5. The fourth-order valence-electron chi connectivity index (χ4n) is 4.06. The molecule has 1 saturated heterocycles. The van der Waals surface area contributed by atoms with Crippen molar-refractivity contribution in [3.63, 3.8) is 0 Å². The zero-order valence-corrected chi connectivity index (χ0v) is 16.8. The van der Waals surface area contributed by atoms with Crippen LogP contribution in [0.5, 0.6) is 0 Å². The van der Waals surface area contributed by atoms with E-state index >= 15 is 0 Å². The third-order valence-electron chi connectivity index (χ3n) is 5.23. The van der Waals surface area contributed by atoms with Crippen LogP contribution in [-0.4, -0.2) is 44.1 Å². The Balaban J connectivity index is 1.65. The van der Waals surface area contributed by atoms with Crippen LogP contribution < -0.4 is 10.6 Å². The van der Waals surface area contributed by atoms with Crippen LogP contribution in [0.4, 0.5) is 4.79 Å². The molecule has 0 bridgehead atoms. The average Bonchev–Trinajstić information content (AvgIpc) is 2.85. The third-order valence-corrected chi connectivity index (χ3v) is 6.50. The maximum atomic E-state index is 12.5. The second-order valence-electron chi connectivity index (χ2n) is 8.41. The molecule has 1 aliphatic heterocycles. The number of carbonyl (C=O) groups is 1. The highest BCUT2D eigenvalue weighted by atomic mass is 32.2. The Hall–Kier alpha value is -1.54. The standard InChI is InChI=1S/C18H29N3O4S/c1-12-8-14-15(9-18(2,3)10-16(14)25-12)20-17(22)19-13-6-5-7-21(11-13)26(4,23)24/h8,13,15H,5-7,9-11H2,1-4H3,(H2,19,20,22)/t13-,15+/m1/s1. The van der Waals surface area contributed by atoms with Gasteiger partial charge in [0.05, 0.1) is 12.3 Å². The Bertz CT molecular complexity index is 784. The quantitative estimate of drug-likeness (QED) is 0.838. The van der Waals surface area contributed by atoms with E-state index in [0.29, 0.717) is 13.1 Å². The lowest BCUT2D eigenvalue weighted by Crippen LogP contribution is -2.52. The second-order valence-corrected chi connectivity index (χ2v) is 10.4. The molecule has 0 unspecified atom stereocenters. The number of carbonyl (C=O) groups excluding carboxylic acids is 1. The van der Waals surface area contributed by atoms with E-state index in [1.807, 2.05) is 13.0 Å². The highest BCUT2D eigenvalue weighted by Gasteiger charge is 2.36. The lowest BCUT2D eigenvalue weighted by Gasteiger charge is -2.35. The number of sulfonamides is 1. The number of urea groups is 1. The summed E-state index contributed by atoms with van der Waals surface area (Å²) in [5.41, 5.74) is 1.10. The molecule has 1 aromatic heterocycles. The Morgan fingerprint density at radius 2 is 2.08 bits per heavy atom. The van der Waals surface area contributed by atoms with Gasteiger partial charge in [-0.2, -0.15) is 0 Å². The van der Waals surface area contributed by atoms with Crippen molar-refractivity contribution < 1.29 is 17.6 Å². The van der Waals surface area contributed by atoms with Crippen LogP contribution in [0.15, 0.2) is 10.5 Å². The van der Waals surface area contributed by atoms with Gasteiger partial charge in [-0.3, -0.25) is 0 Å². The summed E-state index contributed by atoms with van der Waals surface area (Å²) >= 11 is 0. The largest absolute Gasteiger partial charge is 0.466 e. The van der Waals surface area contributed by atoms with Gasteiger partial charge in [0.15, 0.2) is 0 Å². The number of hydrogen-bond donors (Lipinski definition) is 2. The van der Waals surface area contributed by atoms with Crippen LogP contribution in [0.3, 0.4) is 0 Å². The van der Waals surface area contributed by atoms with E-state index in [1.54, 1.807) is 0 Å². The summed E-state index contributed by atoms with van der Waals surface area (Å²) in [5, 5.41) is 6.01. The minimum absolute atomic E-state index is 0.0488. The van der Waals surface area contributed by atoms with Crippen LogP contribution in [0.2, 0.25) is 0 Å². The predicted molar refractivity (Wildman–Crippen MR) is 99.4 cm³/mol. The predicted octanol–water partition coefficient (Wildman–Crippen LogP) is 2.32. The lowest BCUT2D eigenvalue weighted by atomic mass is 9.75. The van der Waals surface area contributed by atoms with Gasteiger partial charge in [0, 0.05) is 31.1 Å². The number of aryl methyl sites for hydroxylation is 1. The number of hydrogen-bond acceptors (Lipinski definition) is 4. The molecule has 26 heavy (non-hydrogen) atoms. The number of fused-ring (bicyclic) bond motifs is 1. The number of nitrogens with zero attached hydrogens (tertiary/aromatic N) is 1. The fraction of sp³-hybridized carbons (Fsp3) is 0.722. The van der Waals surface area contributed by atoms with Crippen molar-refractivity contribution in [3.8, 4) is 0 Å². The van der Waals surface area contributed by atoms with Gasteiger partial charge >= 0.3 is 6.03 Å². The minimum atomic E-state index is -3.23. The number of amides is 2. The molecule has 146 valence electrons. The first-order chi connectivity index (χ1) is 12.0. The molecule has 2 N–H and O–H groups in total. The van der Waals surface area contributed by atoms with Crippen LogP contribution in [-0.2, 0) is 16.4 Å². The number of furan rings is 1. The van der Waals surface area contributed by atoms with Crippen molar-refractivity contribution in [1.82, 2.24) is 14.9 Å². The summed E-state index contributed by atoms with van der Waals surface area (Å²) < 4.78 is 30.7. The van der Waals surface area contributed by atoms with Crippen LogP contribution >= 0.6 is 0 Å². The summed E-state index contributed by atoms with van der Waals surface area (Å²) in [6.07, 6.45) is 4.45. The third kappa shape index (κ3) is 4.40. The smallest absolute Gasteiger partial charge is 0.315 e. The van der Waals surface area contributed by atoms with Gasteiger partial charge in [0.1, 0.15) is 11.5 Å². The van der Waals surface area contributed by atoms with E-state index in [4.69, 9.17) is 4.42 Å². The van der Waals surface area contributed by atoms with Gasteiger partial charge in [0.25, 0.3) is 0 Å². The summed E-state index contributed by atoms with van der Waals surface area (Å²) in [6.45, 7) is 7.12. The van der Waals surface area contributed by atoms with Gasteiger partial charge in [-0.05, 0) is 37.7 Å². The molecule has 0 spiro atoms. The first-order valence-corrected chi connectivity index (χ1v) is 11.0. The number of piperidine rings is 1. The van der Waals surface area contributed by atoms with E-state index in [-0.39, 0.29) is 23.5 Å². The van der Waals surface area contributed by atoms with E-state index < -0.39 is 10.0 Å². The SMILES string of the molecule is Cc1cc2c(o1)CC(C)(C)C[C@@H]2NC(=O)N[C@@H]1CCCN(S(C)(=O)=O)C1.